The summed E-state index contributed by atoms with van der Waals surface area (Å²) < 4.78 is 0. The Balaban J connectivity index is 2.37. The molecule has 1 aliphatic heterocycles. The summed E-state index contributed by atoms with van der Waals surface area (Å²) in [5, 5.41) is 2.95. The van der Waals surface area contributed by atoms with E-state index < -0.39 is 0 Å². The van der Waals surface area contributed by atoms with Crippen LogP contribution in [0, 0.1) is 0 Å². The van der Waals surface area contributed by atoms with E-state index in [0.717, 1.165) is 19.5 Å². The number of likely N-dealkylation sites (tertiary alicyclic amines) is 1. The zero-order chi connectivity index (χ0) is 7.56. The van der Waals surface area contributed by atoms with Crippen LogP contribution in [0.4, 0.5) is 4.79 Å². The molecule has 0 saturated carbocycles. The van der Waals surface area contributed by atoms with E-state index in [2.05, 4.69) is 17.9 Å². The van der Waals surface area contributed by atoms with E-state index in [1.165, 1.54) is 0 Å². The number of hydrogen-bond donors (Lipinski definition) is 2. The first-order valence-electron chi connectivity index (χ1n) is 3.38. The molecule has 1 fully saturated rings. The van der Waals surface area contributed by atoms with Gasteiger partial charge in [0.15, 0.2) is 0 Å². The van der Waals surface area contributed by atoms with Crippen LogP contribution in [0.3, 0.4) is 0 Å². The Morgan fingerprint density at radius 2 is 2.50 bits per heavy atom. The van der Waals surface area contributed by atoms with Crippen molar-refractivity contribution in [2.45, 2.75) is 11.7 Å². The summed E-state index contributed by atoms with van der Waals surface area (Å²) in [7, 11) is 1.65. The van der Waals surface area contributed by atoms with Gasteiger partial charge in [0, 0.05) is 25.4 Å². The van der Waals surface area contributed by atoms with Gasteiger partial charge >= 0.3 is 6.03 Å². The summed E-state index contributed by atoms with van der Waals surface area (Å²) >= 11 is 4.26. The van der Waals surface area contributed by atoms with Gasteiger partial charge in [0.1, 0.15) is 0 Å². The normalized spacial score (nSPS) is 25.0. The average molecular weight is 160 g/mol. The predicted molar refractivity (Wildman–Crippen MR) is 43.4 cm³/mol. The lowest BCUT2D eigenvalue weighted by atomic mass is 10.4. The molecule has 0 bridgehead atoms. The first-order valence-corrected chi connectivity index (χ1v) is 3.90. The summed E-state index contributed by atoms with van der Waals surface area (Å²) in [6.07, 6.45) is 1.01. The van der Waals surface area contributed by atoms with Crippen molar-refractivity contribution in [3.8, 4) is 0 Å². The Kier molecular flexibility index (Phi) is 2.43. The quantitative estimate of drug-likeness (QED) is 0.492. The second-order valence-electron chi connectivity index (χ2n) is 2.44. The Morgan fingerprint density at radius 1 is 1.80 bits per heavy atom. The molecule has 1 unspecified atom stereocenters. The second-order valence-corrected chi connectivity index (χ2v) is 3.17. The van der Waals surface area contributed by atoms with Crippen LogP contribution in [0.2, 0.25) is 0 Å². The first kappa shape index (κ1) is 7.72. The van der Waals surface area contributed by atoms with Crippen LogP contribution in [0.5, 0.6) is 0 Å². The molecule has 0 aromatic carbocycles. The van der Waals surface area contributed by atoms with Gasteiger partial charge in [-0.1, -0.05) is 0 Å². The molecule has 1 heterocycles. The summed E-state index contributed by atoms with van der Waals surface area (Å²) in [5.41, 5.74) is 0. The zero-order valence-corrected chi connectivity index (χ0v) is 6.90. The number of nitrogens with one attached hydrogen (secondary N) is 1. The largest absolute Gasteiger partial charge is 0.341 e. The Morgan fingerprint density at radius 3 is 2.90 bits per heavy atom. The van der Waals surface area contributed by atoms with E-state index in [4.69, 9.17) is 0 Å². The first-order chi connectivity index (χ1) is 4.74. The van der Waals surface area contributed by atoms with Crippen LogP contribution in [-0.4, -0.2) is 36.3 Å². The lowest BCUT2D eigenvalue weighted by Crippen LogP contribution is -2.36. The molecular formula is C6H12N2OS. The lowest BCUT2D eigenvalue weighted by molar-refractivity contribution is 0.211. The second kappa shape index (κ2) is 3.14. The number of urea groups is 1. The number of carbonyl (C=O) groups excluding carboxylic acids is 1. The highest BCUT2D eigenvalue weighted by Crippen LogP contribution is 2.13. The number of nitrogens with zero attached hydrogens (tertiary/aromatic N) is 1. The standard InChI is InChI=1S/C6H12N2OS/c1-7-6(9)8-3-2-5(10)4-8/h5,10H,2-4H2,1H3,(H,7,9). The van der Waals surface area contributed by atoms with Crippen LogP contribution in [-0.2, 0) is 0 Å². The third kappa shape index (κ3) is 1.56. The minimum atomic E-state index is 0.0107. The molecule has 0 aromatic heterocycles. The molecule has 0 spiro atoms. The average Bonchev–Trinajstić information content (AvgIpc) is 2.34. The van der Waals surface area contributed by atoms with Gasteiger partial charge in [0.25, 0.3) is 0 Å². The number of thiol groups is 1. The Labute approximate surface area is 66.2 Å². The van der Waals surface area contributed by atoms with Crippen LogP contribution in [0.1, 0.15) is 6.42 Å². The van der Waals surface area contributed by atoms with E-state index in [9.17, 15) is 4.79 Å². The molecule has 4 heteroatoms. The van der Waals surface area contributed by atoms with Crippen molar-refractivity contribution in [2.24, 2.45) is 0 Å². The summed E-state index contributed by atoms with van der Waals surface area (Å²) in [6, 6.07) is 0.0107. The van der Waals surface area contributed by atoms with E-state index in [1.54, 1.807) is 11.9 Å². The molecule has 1 saturated heterocycles. The third-order valence-corrected chi connectivity index (χ3v) is 2.09. The van der Waals surface area contributed by atoms with Gasteiger partial charge in [-0.3, -0.25) is 0 Å². The van der Waals surface area contributed by atoms with Gasteiger partial charge in [0.2, 0.25) is 0 Å². The molecule has 1 atom stereocenters. The number of carbonyl (C=O) groups is 1. The fourth-order valence-electron chi connectivity index (χ4n) is 1.08. The maximum Gasteiger partial charge on any atom is 0.317 e. The van der Waals surface area contributed by atoms with Crippen LogP contribution < -0.4 is 5.32 Å². The van der Waals surface area contributed by atoms with Gasteiger partial charge in [0.05, 0.1) is 0 Å². The molecule has 10 heavy (non-hydrogen) atoms. The molecule has 0 radical (unpaired) electrons. The number of rotatable bonds is 0. The summed E-state index contributed by atoms with van der Waals surface area (Å²) in [5.74, 6) is 0. The Bertz CT molecular complexity index is 140. The summed E-state index contributed by atoms with van der Waals surface area (Å²) in [4.78, 5) is 12.7. The molecule has 1 N–H and O–H groups in total. The zero-order valence-electron chi connectivity index (χ0n) is 6.00. The van der Waals surface area contributed by atoms with Gasteiger partial charge in [-0.15, -0.1) is 0 Å². The lowest BCUT2D eigenvalue weighted by Gasteiger charge is -2.13. The smallest absolute Gasteiger partial charge is 0.317 e. The van der Waals surface area contributed by atoms with E-state index in [1.807, 2.05) is 0 Å². The van der Waals surface area contributed by atoms with Crippen molar-refractivity contribution >= 4 is 18.7 Å². The number of hydrogen-bond acceptors (Lipinski definition) is 2. The molecular weight excluding hydrogens is 148 g/mol. The van der Waals surface area contributed by atoms with Gasteiger partial charge in [-0.25, -0.2) is 4.79 Å². The molecule has 3 nitrogen and oxygen atoms in total. The fourth-order valence-corrected chi connectivity index (χ4v) is 1.40. The van der Waals surface area contributed by atoms with Crippen LogP contribution in [0.25, 0.3) is 0 Å². The maximum absolute atomic E-state index is 10.9. The molecule has 1 aliphatic rings. The van der Waals surface area contributed by atoms with Crippen molar-refractivity contribution in [3.63, 3.8) is 0 Å². The van der Waals surface area contributed by atoms with E-state index >= 15 is 0 Å². The topological polar surface area (TPSA) is 32.3 Å². The fraction of sp³-hybridized carbons (Fsp3) is 0.833. The molecule has 1 rings (SSSR count). The van der Waals surface area contributed by atoms with Crippen molar-refractivity contribution in [2.75, 3.05) is 20.1 Å². The molecule has 0 aromatic rings. The molecule has 2 amide bonds. The minimum Gasteiger partial charge on any atom is -0.341 e. The monoisotopic (exact) mass is 160 g/mol. The van der Waals surface area contributed by atoms with Crippen molar-refractivity contribution in [1.82, 2.24) is 10.2 Å². The highest BCUT2D eigenvalue weighted by Gasteiger charge is 2.22. The van der Waals surface area contributed by atoms with Gasteiger partial charge in [-0.2, -0.15) is 12.6 Å². The van der Waals surface area contributed by atoms with Crippen LogP contribution in [0.15, 0.2) is 0 Å². The predicted octanol–water partition coefficient (Wildman–Crippen LogP) is 0.330. The highest BCUT2D eigenvalue weighted by atomic mass is 32.1. The van der Waals surface area contributed by atoms with Crippen molar-refractivity contribution < 1.29 is 4.79 Å². The van der Waals surface area contributed by atoms with Crippen molar-refractivity contribution in [1.29, 1.82) is 0 Å². The molecule has 0 aliphatic carbocycles. The SMILES string of the molecule is CNC(=O)N1CCC(S)C1. The summed E-state index contributed by atoms with van der Waals surface area (Å²) in [6.45, 7) is 1.62. The van der Waals surface area contributed by atoms with Gasteiger partial charge < -0.3 is 10.2 Å². The van der Waals surface area contributed by atoms with E-state index in [0.29, 0.717) is 5.25 Å². The third-order valence-electron chi connectivity index (χ3n) is 1.66. The Hall–Kier alpha value is -0.380. The van der Waals surface area contributed by atoms with Gasteiger partial charge in [-0.05, 0) is 6.42 Å². The van der Waals surface area contributed by atoms with E-state index in [-0.39, 0.29) is 6.03 Å². The maximum atomic E-state index is 10.9. The molecule has 58 valence electrons. The van der Waals surface area contributed by atoms with Crippen molar-refractivity contribution in [3.05, 3.63) is 0 Å². The number of amides is 2. The highest BCUT2D eigenvalue weighted by molar-refractivity contribution is 7.81. The van der Waals surface area contributed by atoms with Crippen LogP contribution >= 0.6 is 12.6 Å². The minimum absolute atomic E-state index is 0.0107.